The van der Waals surface area contributed by atoms with Crippen molar-refractivity contribution in [1.29, 1.82) is 0 Å². The molecule has 1 aromatic rings. The van der Waals surface area contributed by atoms with Gasteiger partial charge in [-0.2, -0.15) is 15.0 Å². The molecule has 0 aromatic carbocycles. The minimum absolute atomic E-state index is 0.110. The third-order valence-corrected chi connectivity index (χ3v) is 5.50. The first kappa shape index (κ1) is 15.7. The van der Waals surface area contributed by atoms with Gasteiger partial charge in [-0.3, -0.25) is 0 Å². The van der Waals surface area contributed by atoms with Crippen molar-refractivity contribution in [3.05, 3.63) is 0 Å². The first-order valence-corrected chi connectivity index (χ1v) is 8.88. The summed E-state index contributed by atoms with van der Waals surface area (Å²) in [5.41, 5.74) is 5.76. The van der Waals surface area contributed by atoms with Gasteiger partial charge in [-0.1, -0.05) is 0 Å². The maximum absolute atomic E-state index is 11.6. The van der Waals surface area contributed by atoms with E-state index in [9.17, 15) is 8.42 Å². The van der Waals surface area contributed by atoms with Crippen LogP contribution >= 0.6 is 0 Å². The Morgan fingerprint density at radius 1 is 1.19 bits per heavy atom. The summed E-state index contributed by atoms with van der Waals surface area (Å²) in [6.45, 7) is 5.55. The molecule has 118 valence electrons. The monoisotopic (exact) mass is 314 g/mol. The number of aromatic nitrogens is 3. The fourth-order valence-corrected chi connectivity index (χ4v) is 4.19. The van der Waals surface area contributed by atoms with Crippen molar-refractivity contribution < 1.29 is 8.42 Å². The van der Waals surface area contributed by atoms with E-state index in [2.05, 4.69) is 15.0 Å². The number of hydrogen-bond donors (Lipinski definition) is 1. The molecule has 0 amide bonds. The molecule has 21 heavy (non-hydrogen) atoms. The Balaban J connectivity index is 2.27. The Morgan fingerprint density at radius 2 is 1.81 bits per heavy atom. The van der Waals surface area contributed by atoms with Crippen LogP contribution in [0.1, 0.15) is 20.3 Å². The van der Waals surface area contributed by atoms with Crippen LogP contribution < -0.4 is 15.5 Å². The molecular weight excluding hydrogens is 292 g/mol. The van der Waals surface area contributed by atoms with Gasteiger partial charge in [-0.15, -0.1) is 0 Å². The zero-order valence-electron chi connectivity index (χ0n) is 12.7. The molecule has 1 saturated heterocycles. The van der Waals surface area contributed by atoms with Crippen molar-refractivity contribution in [1.82, 2.24) is 15.0 Å². The minimum Gasteiger partial charge on any atom is -0.368 e. The van der Waals surface area contributed by atoms with Crippen molar-refractivity contribution in [2.75, 3.05) is 47.2 Å². The standard InChI is InChI=1S/C12H22N6O2S/c1-4-18(5-2)12-15-10(13)14-11(16-12)17(3)9-6-7-21(19,20)8-9/h9H,4-8H2,1-3H3,(H2,13,14,15,16). The molecule has 0 spiro atoms. The highest BCUT2D eigenvalue weighted by Gasteiger charge is 2.32. The Kier molecular flexibility index (Phi) is 4.50. The average molecular weight is 314 g/mol. The van der Waals surface area contributed by atoms with E-state index in [1.54, 1.807) is 11.9 Å². The van der Waals surface area contributed by atoms with Gasteiger partial charge in [0.15, 0.2) is 9.84 Å². The van der Waals surface area contributed by atoms with Crippen molar-refractivity contribution >= 4 is 27.7 Å². The smallest absolute Gasteiger partial charge is 0.231 e. The van der Waals surface area contributed by atoms with E-state index in [0.717, 1.165) is 13.1 Å². The van der Waals surface area contributed by atoms with Gasteiger partial charge >= 0.3 is 0 Å². The zero-order valence-corrected chi connectivity index (χ0v) is 13.5. The molecule has 1 unspecified atom stereocenters. The van der Waals surface area contributed by atoms with Crippen molar-refractivity contribution in [2.45, 2.75) is 26.3 Å². The normalized spacial score (nSPS) is 20.4. The van der Waals surface area contributed by atoms with E-state index in [-0.39, 0.29) is 23.5 Å². The quantitative estimate of drug-likeness (QED) is 0.804. The summed E-state index contributed by atoms with van der Waals surface area (Å²) in [6, 6.07) is -0.110. The highest BCUT2D eigenvalue weighted by molar-refractivity contribution is 7.91. The highest BCUT2D eigenvalue weighted by atomic mass is 32.2. The number of nitrogen functional groups attached to an aromatic ring is 1. The van der Waals surface area contributed by atoms with Crippen LogP contribution in [0.2, 0.25) is 0 Å². The van der Waals surface area contributed by atoms with Crippen LogP contribution in [0.4, 0.5) is 17.8 Å². The molecule has 2 N–H and O–H groups in total. The first-order chi connectivity index (χ1) is 9.86. The van der Waals surface area contributed by atoms with Gasteiger partial charge in [0.05, 0.1) is 11.5 Å². The van der Waals surface area contributed by atoms with Crippen molar-refractivity contribution in [3.8, 4) is 0 Å². The molecule has 2 heterocycles. The molecule has 1 atom stereocenters. The fraction of sp³-hybridized carbons (Fsp3) is 0.750. The van der Waals surface area contributed by atoms with Gasteiger partial charge in [0.2, 0.25) is 17.8 Å². The summed E-state index contributed by atoms with van der Waals surface area (Å²) in [5, 5.41) is 0. The Bertz CT molecular complexity index is 602. The van der Waals surface area contributed by atoms with Gasteiger partial charge in [0, 0.05) is 26.2 Å². The van der Waals surface area contributed by atoms with E-state index < -0.39 is 9.84 Å². The number of anilines is 3. The molecule has 9 heteroatoms. The second kappa shape index (κ2) is 6.00. The molecule has 1 aliphatic heterocycles. The molecule has 0 bridgehead atoms. The summed E-state index contributed by atoms with van der Waals surface area (Å²) in [7, 11) is -1.15. The van der Waals surface area contributed by atoms with E-state index >= 15 is 0 Å². The average Bonchev–Trinajstić information content (AvgIpc) is 2.79. The Hall–Kier alpha value is -1.64. The highest BCUT2D eigenvalue weighted by Crippen LogP contribution is 2.22. The number of rotatable bonds is 5. The third kappa shape index (κ3) is 3.52. The second-order valence-corrected chi connectivity index (χ2v) is 7.36. The topological polar surface area (TPSA) is 105 Å². The number of nitrogens with two attached hydrogens (primary N) is 1. The lowest BCUT2D eigenvalue weighted by Crippen LogP contribution is -2.35. The lowest BCUT2D eigenvalue weighted by Gasteiger charge is -2.25. The van der Waals surface area contributed by atoms with E-state index in [1.807, 2.05) is 18.7 Å². The van der Waals surface area contributed by atoms with Crippen LogP contribution in [0.3, 0.4) is 0 Å². The number of sulfone groups is 1. The lowest BCUT2D eigenvalue weighted by molar-refractivity contribution is 0.600. The Morgan fingerprint density at radius 3 is 2.33 bits per heavy atom. The van der Waals surface area contributed by atoms with Crippen LogP contribution in [0, 0.1) is 0 Å². The molecule has 2 rings (SSSR count). The largest absolute Gasteiger partial charge is 0.368 e. The second-order valence-electron chi connectivity index (χ2n) is 5.13. The Labute approximate surface area is 125 Å². The molecule has 0 saturated carbocycles. The van der Waals surface area contributed by atoms with Crippen molar-refractivity contribution in [3.63, 3.8) is 0 Å². The summed E-state index contributed by atoms with van der Waals surface area (Å²) in [6.07, 6.45) is 0.588. The number of nitrogens with zero attached hydrogens (tertiary/aromatic N) is 5. The van der Waals surface area contributed by atoms with Gasteiger partial charge in [0.1, 0.15) is 0 Å². The molecular formula is C12H22N6O2S. The van der Waals surface area contributed by atoms with Gasteiger partial charge in [0.25, 0.3) is 0 Å². The predicted molar refractivity (Wildman–Crippen MR) is 83.3 cm³/mol. The van der Waals surface area contributed by atoms with Gasteiger partial charge < -0.3 is 15.5 Å². The summed E-state index contributed by atoms with van der Waals surface area (Å²) in [5.74, 6) is 1.44. The molecule has 1 aliphatic rings. The molecule has 1 aromatic heterocycles. The van der Waals surface area contributed by atoms with Gasteiger partial charge in [-0.05, 0) is 20.3 Å². The van der Waals surface area contributed by atoms with Crippen LogP contribution in [-0.2, 0) is 9.84 Å². The third-order valence-electron chi connectivity index (χ3n) is 3.75. The van der Waals surface area contributed by atoms with Crippen molar-refractivity contribution in [2.24, 2.45) is 0 Å². The molecule has 1 fully saturated rings. The van der Waals surface area contributed by atoms with E-state index in [4.69, 9.17) is 5.73 Å². The maximum Gasteiger partial charge on any atom is 0.231 e. The summed E-state index contributed by atoms with van der Waals surface area (Å²) >= 11 is 0. The van der Waals surface area contributed by atoms with E-state index in [0.29, 0.717) is 18.3 Å². The molecule has 0 radical (unpaired) electrons. The van der Waals surface area contributed by atoms with Crippen LogP contribution in [-0.4, -0.2) is 61.1 Å². The van der Waals surface area contributed by atoms with Crippen LogP contribution in [0.5, 0.6) is 0 Å². The first-order valence-electron chi connectivity index (χ1n) is 7.06. The molecule has 8 nitrogen and oxygen atoms in total. The number of hydrogen-bond acceptors (Lipinski definition) is 8. The lowest BCUT2D eigenvalue weighted by atomic mass is 10.2. The molecule has 0 aliphatic carbocycles. The minimum atomic E-state index is -2.95. The van der Waals surface area contributed by atoms with E-state index in [1.165, 1.54) is 0 Å². The fourth-order valence-electron chi connectivity index (χ4n) is 2.42. The van der Waals surface area contributed by atoms with Gasteiger partial charge in [-0.25, -0.2) is 8.42 Å². The summed E-state index contributed by atoms with van der Waals surface area (Å²) in [4.78, 5) is 16.5. The predicted octanol–water partition coefficient (Wildman–Crippen LogP) is -0.0767. The SMILES string of the molecule is CCN(CC)c1nc(N)nc(N(C)C2CCS(=O)(=O)C2)n1. The van der Waals surface area contributed by atoms with Crippen LogP contribution in [0.25, 0.3) is 0 Å². The van der Waals surface area contributed by atoms with Crippen LogP contribution in [0.15, 0.2) is 0 Å². The maximum atomic E-state index is 11.6. The zero-order chi connectivity index (χ0) is 15.6. The summed E-state index contributed by atoms with van der Waals surface area (Å²) < 4.78 is 23.2.